The highest BCUT2D eigenvalue weighted by molar-refractivity contribution is 6.00. The number of rotatable bonds is 4. The Morgan fingerprint density at radius 3 is 2.70 bits per heavy atom. The van der Waals surface area contributed by atoms with E-state index < -0.39 is 17.4 Å². The van der Waals surface area contributed by atoms with E-state index in [0.717, 1.165) is 10.9 Å². The predicted octanol–water partition coefficient (Wildman–Crippen LogP) is 1.54. The van der Waals surface area contributed by atoms with Crippen molar-refractivity contribution in [3.05, 3.63) is 30.0 Å². The number of hydrogen-bond donors (Lipinski definition) is 3. The molecule has 2 heterocycles. The molecule has 0 bridgehead atoms. The molecule has 0 aliphatic carbocycles. The number of aliphatic carboxylic acids is 1. The highest BCUT2D eigenvalue weighted by Gasteiger charge is 2.41. The molecular formula is C16H18N2O5. The standard InChI is InChI=1S/C16H18N2O5/c1-22-11-2-3-12-10(8-11)9-13(17-12)14(19)18-16(15(20)21)4-6-23-7-5-16/h2-3,8-9,17H,4-7H2,1H3,(H,18,19)(H,20,21). The zero-order valence-electron chi connectivity index (χ0n) is 12.7. The van der Waals surface area contributed by atoms with Gasteiger partial charge in [-0.2, -0.15) is 0 Å². The first-order chi connectivity index (χ1) is 11.0. The monoisotopic (exact) mass is 318 g/mol. The lowest BCUT2D eigenvalue weighted by Crippen LogP contribution is -2.57. The average Bonchev–Trinajstić information content (AvgIpc) is 2.98. The lowest BCUT2D eigenvalue weighted by Gasteiger charge is -2.33. The van der Waals surface area contributed by atoms with Gasteiger partial charge in [-0.1, -0.05) is 0 Å². The van der Waals surface area contributed by atoms with Gasteiger partial charge in [0.05, 0.1) is 7.11 Å². The van der Waals surface area contributed by atoms with Crippen molar-refractivity contribution < 1.29 is 24.2 Å². The summed E-state index contributed by atoms with van der Waals surface area (Å²) in [5, 5.41) is 13.0. The Morgan fingerprint density at radius 1 is 1.30 bits per heavy atom. The number of methoxy groups -OCH3 is 1. The van der Waals surface area contributed by atoms with Crippen molar-refractivity contribution >= 4 is 22.8 Å². The van der Waals surface area contributed by atoms with Crippen molar-refractivity contribution in [2.75, 3.05) is 20.3 Å². The van der Waals surface area contributed by atoms with Crippen LogP contribution in [0.15, 0.2) is 24.3 Å². The Bertz CT molecular complexity index is 746. The fraction of sp³-hybridized carbons (Fsp3) is 0.375. The molecule has 23 heavy (non-hydrogen) atoms. The quantitative estimate of drug-likeness (QED) is 0.794. The predicted molar refractivity (Wildman–Crippen MR) is 82.7 cm³/mol. The highest BCUT2D eigenvalue weighted by atomic mass is 16.5. The van der Waals surface area contributed by atoms with Gasteiger partial charge < -0.3 is 24.9 Å². The second kappa shape index (κ2) is 5.92. The van der Waals surface area contributed by atoms with Crippen LogP contribution >= 0.6 is 0 Å². The number of carboxylic acids is 1. The molecule has 1 fully saturated rings. The van der Waals surface area contributed by atoms with Gasteiger partial charge in [0.1, 0.15) is 17.0 Å². The van der Waals surface area contributed by atoms with E-state index in [4.69, 9.17) is 9.47 Å². The lowest BCUT2D eigenvalue weighted by molar-refractivity contribution is -0.148. The first-order valence-corrected chi connectivity index (χ1v) is 7.34. The summed E-state index contributed by atoms with van der Waals surface area (Å²) >= 11 is 0. The van der Waals surface area contributed by atoms with E-state index >= 15 is 0 Å². The molecule has 1 amide bonds. The summed E-state index contributed by atoms with van der Waals surface area (Å²) in [6.45, 7) is 0.632. The zero-order valence-corrected chi connectivity index (χ0v) is 12.7. The molecule has 1 saturated heterocycles. The number of aromatic nitrogens is 1. The van der Waals surface area contributed by atoms with Crippen molar-refractivity contribution in [2.24, 2.45) is 0 Å². The molecule has 0 unspecified atom stereocenters. The molecule has 3 N–H and O–H groups in total. The molecule has 0 saturated carbocycles. The number of carboxylic acid groups (broad SMARTS) is 1. The molecule has 1 aromatic carbocycles. The molecule has 3 rings (SSSR count). The Hall–Kier alpha value is -2.54. The number of ether oxygens (including phenoxy) is 2. The minimum Gasteiger partial charge on any atom is -0.497 e. The molecule has 1 aliphatic heterocycles. The van der Waals surface area contributed by atoms with Gasteiger partial charge in [-0.3, -0.25) is 4.79 Å². The number of carbonyl (C=O) groups is 2. The number of carbonyl (C=O) groups excluding carboxylic acids is 1. The number of fused-ring (bicyclic) bond motifs is 1. The molecule has 0 radical (unpaired) electrons. The summed E-state index contributed by atoms with van der Waals surface area (Å²) in [5.41, 5.74) is -0.169. The Labute approximate surface area is 132 Å². The molecule has 122 valence electrons. The molecule has 7 nitrogen and oxygen atoms in total. The van der Waals surface area contributed by atoms with Crippen molar-refractivity contribution in [3.63, 3.8) is 0 Å². The van der Waals surface area contributed by atoms with Crippen molar-refractivity contribution in [2.45, 2.75) is 18.4 Å². The van der Waals surface area contributed by atoms with E-state index in [1.165, 1.54) is 0 Å². The fourth-order valence-electron chi connectivity index (χ4n) is 2.76. The summed E-state index contributed by atoms with van der Waals surface area (Å²) in [7, 11) is 1.57. The van der Waals surface area contributed by atoms with Gasteiger partial charge in [-0.05, 0) is 24.3 Å². The number of amides is 1. The summed E-state index contributed by atoms with van der Waals surface area (Å²) in [6.07, 6.45) is 0.504. The summed E-state index contributed by atoms with van der Waals surface area (Å²) in [4.78, 5) is 27.1. The van der Waals surface area contributed by atoms with Crippen LogP contribution in [0.3, 0.4) is 0 Å². The lowest BCUT2D eigenvalue weighted by atomic mass is 9.90. The van der Waals surface area contributed by atoms with Gasteiger partial charge in [0.2, 0.25) is 0 Å². The smallest absolute Gasteiger partial charge is 0.329 e. The Balaban J connectivity index is 1.86. The molecule has 7 heteroatoms. The van der Waals surface area contributed by atoms with E-state index in [1.54, 1.807) is 19.2 Å². The third-order valence-corrected chi connectivity index (χ3v) is 4.18. The SMILES string of the molecule is COc1ccc2[nH]c(C(=O)NC3(C(=O)O)CCOCC3)cc2c1. The second-order valence-electron chi connectivity index (χ2n) is 5.59. The normalized spacial score (nSPS) is 16.9. The average molecular weight is 318 g/mol. The molecule has 0 atom stereocenters. The minimum absolute atomic E-state index is 0.252. The number of H-pyrrole nitrogens is 1. The topological polar surface area (TPSA) is 101 Å². The van der Waals surface area contributed by atoms with E-state index in [2.05, 4.69) is 10.3 Å². The van der Waals surface area contributed by atoms with Gasteiger partial charge in [-0.15, -0.1) is 0 Å². The van der Waals surface area contributed by atoms with Crippen LogP contribution in [0.2, 0.25) is 0 Å². The van der Waals surface area contributed by atoms with E-state index in [0.29, 0.717) is 24.7 Å². The Kier molecular flexibility index (Phi) is 3.96. The zero-order chi connectivity index (χ0) is 16.4. The van der Waals surface area contributed by atoms with E-state index in [-0.39, 0.29) is 12.8 Å². The molecule has 2 aromatic rings. The molecular weight excluding hydrogens is 300 g/mol. The molecule has 0 spiro atoms. The molecule has 1 aliphatic rings. The second-order valence-corrected chi connectivity index (χ2v) is 5.59. The van der Waals surface area contributed by atoms with Crippen LogP contribution in [-0.2, 0) is 9.53 Å². The largest absolute Gasteiger partial charge is 0.497 e. The van der Waals surface area contributed by atoms with Gasteiger partial charge in [0.25, 0.3) is 5.91 Å². The van der Waals surface area contributed by atoms with Crippen LogP contribution in [0.5, 0.6) is 5.75 Å². The van der Waals surface area contributed by atoms with Gasteiger partial charge >= 0.3 is 5.97 Å². The van der Waals surface area contributed by atoms with Crippen LogP contribution in [0.1, 0.15) is 23.3 Å². The van der Waals surface area contributed by atoms with Crippen molar-refractivity contribution in [3.8, 4) is 5.75 Å². The van der Waals surface area contributed by atoms with E-state index in [1.807, 2.05) is 12.1 Å². The third kappa shape index (κ3) is 2.87. The minimum atomic E-state index is -1.27. The number of aromatic amines is 1. The van der Waals surface area contributed by atoms with Gasteiger partial charge in [0, 0.05) is 37.0 Å². The maximum Gasteiger partial charge on any atom is 0.329 e. The van der Waals surface area contributed by atoms with Crippen LogP contribution < -0.4 is 10.1 Å². The van der Waals surface area contributed by atoms with Crippen LogP contribution in [0.4, 0.5) is 0 Å². The van der Waals surface area contributed by atoms with Gasteiger partial charge in [-0.25, -0.2) is 4.79 Å². The fourth-order valence-corrected chi connectivity index (χ4v) is 2.76. The number of benzene rings is 1. The third-order valence-electron chi connectivity index (χ3n) is 4.18. The summed E-state index contributed by atoms with van der Waals surface area (Å²) < 4.78 is 10.4. The van der Waals surface area contributed by atoms with Gasteiger partial charge in [0.15, 0.2) is 0 Å². The van der Waals surface area contributed by atoms with Crippen LogP contribution in [-0.4, -0.2) is 47.8 Å². The number of nitrogens with one attached hydrogen (secondary N) is 2. The first kappa shape index (κ1) is 15.4. The Morgan fingerprint density at radius 2 is 2.04 bits per heavy atom. The maximum atomic E-state index is 12.5. The summed E-state index contributed by atoms with van der Waals surface area (Å²) in [6, 6.07) is 7.09. The van der Waals surface area contributed by atoms with Crippen molar-refractivity contribution in [1.29, 1.82) is 0 Å². The van der Waals surface area contributed by atoms with E-state index in [9.17, 15) is 14.7 Å². The summed E-state index contributed by atoms with van der Waals surface area (Å²) in [5.74, 6) is -0.786. The van der Waals surface area contributed by atoms with Crippen LogP contribution in [0.25, 0.3) is 10.9 Å². The number of hydrogen-bond acceptors (Lipinski definition) is 4. The first-order valence-electron chi connectivity index (χ1n) is 7.34. The highest BCUT2D eigenvalue weighted by Crippen LogP contribution is 2.24. The molecule has 1 aromatic heterocycles. The maximum absolute atomic E-state index is 12.5. The van der Waals surface area contributed by atoms with Crippen molar-refractivity contribution in [1.82, 2.24) is 10.3 Å². The van der Waals surface area contributed by atoms with Crippen LogP contribution in [0, 0.1) is 0 Å².